The van der Waals surface area contributed by atoms with Gasteiger partial charge in [-0.15, -0.1) is 0 Å². The molecule has 21 heavy (non-hydrogen) atoms. The Balaban J connectivity index is 2.12. The van der Waals surface area contributed by atoms with Crippen LogP contribution in [0.15, 0.2) is 18.2 Å². The van der Waals surface area contributed by atoms with Crippen LogP contribution in [0, 0.1) is 17.2 Å². The van der Waals surface area contributed by atoms with Gasteiger partial charge in [0.05, 0.1) is 5.02 Å². The molecule has 2 rings (SSSR count). The fourth-order valence-corrected chi connectivity index (χ4v) is 3.51. The molecule has 0 radical (unpaired) electrons. The number of nitrogens with zero attached hydrogens (tertiary/aromatic N) is 1. The van der Waals surface area contributed by atoms with Crippen LogP contribution in [0.1, 0.15) is 45.2 Å². The van der Waals surface area contributed by atoms with Crippen LogP contribution in [0.2, 0.25) is 5.02 Å². The molecule has 1 saturated heterocycles. The highest BCUT2D eigenvalue weighted by Gasteiger charge is 2.32. The summed E-state index contributed by atoms with van der Waals surface area (Å²) < 4.78 is 14.2. The first-order valence-corrected chi connectivity index (χ1v) is 8.10. The van der Waals surface area contributed by atoms with E-state index in [4.69, 9.17) is 17.3 Å². The van der Waals surface area contributed by atoms with Gasteiger partial charge < -0.3 is 5.73 Å². The van der Waals surface area contributed by atoms with E-state index < -0.39 is 0 Å². The van der Waals surface area contributed by atoms with Crippen molar-refractivity contribution in [3.63, 3.8) is 0 Å². The van der Waals surface area contributed by atoms with Gasteiger partial charge in [0.15, 0.2) is 0 Å². The summed E-state index contributed by atoms with van der Waals surface area (Å²) in [6, 6.07) is 5.10. The number of hydrogen-bond donors (Lipinski definition) is 1. The molecule has 0 spiro atoms. The fourth-order valence-electron chi connectivity index (χ4n) is 3.33. The quantitative estimate of drug-likeness (QED) is 0.904. The third-order valence-electron chi connectivity index (χ3n) is 4.76. The second-order valence-electron chi connectivity index (χ2n) is 7.07. The first-order valence-electron chi connectivity index (χ1n) is 7.72. The molecule has 1 aromatic rings. The largest absolute Gasteiger partial charge is 0.329 e. The van der Waals surface area contributed by atoms with Gasteiger partial charge in [-0.2, -0.15) is 0 Å². The highest BCUT2D eigenvalue weighted by atomic mass is 35.5. The molecule has 0 aliphatic carbocycles. The summed E-state index contributed by atoms with van der Waals surface area (Å²) >= 11 is 5.90. The lowest BCUT2D eigenvalue weighted by molar-refractivity contribution is 0.0835. The lowest BCUT2D eigenvalue weighted by atomic mass is 9.75. The molecule has 0 aromatic heterocycles. The average molecular weight is 313 g/mol. The third-order valence-corrected chi connectivity index (χ3v) is 5.05. The standard InChI is InChI=1S/C17H26ClFN2/c1-17(2,3)12-7-9-21(10-8-12)15(11-20)13-5-4-6-14(18)16(13)19/h4-6,12,15H,7-11,20H2,1-3H3. The van der Waals surface area contributed by atoms with E-state index in [0.717, 1.165) is 31.8 Å². The summed E-state index contributed by atoms with van der Waals surface area (Å²) in [6.45, 7) is 9.24. The second-order valence-corrected chi connectivity index (χ2v) is 7.48. The Morgan fingerprint density at radius 2 is 1.95 bits per heavy atom. The molecule has 0 bridgehead atoms. The van der Waals surface area contributed by atoms with Crippen LogP contribution in [0.3, 0.4) is 0 Å². The van der Waals surface area contributed by atoms with E-state index in [9.17, 15) is 4.39 Å². The molecule has 1 atom stereocenters. The SMILES string of the molecule is CC(C)(C)C1CCN(C(CN)c2cccc(Cl)c2F)CC1. The predicted molar refractivity (Wildman–Crippen MR) is 87.0 cm³/mol. The van der Waals surface area contributed by atoms with Gasteiger partial charge in [0.2, 0.25) is 0 Å². The molecule has 1 heterocycles. The van der Waals surface area contributed by atoms with Crippen LogP contribution in [-0.2, 0) is 0 Å². The molecule has 1 aromatic carbocycles. The van der Waals surface area contributed by atoms with Gasteiger partial charge in [-0.05, 0) is 43.3 Å². The van der Waals surface area contributed by atoms with E-state index >= 15 is 0 Å². The maximum Gasteiger partial charge on any atom is 0.146 e. The Labute approximate surface area is 132 Å². The number of hydrogen-bond acceptors (Lipinski definition) is 2. The minimum absolute atomic E-state index is 0.0791. The van der Waals surface area contributed by atoms with Crippen molar-refractivity contribution in [3.8, 4) is 0 Å². The number of piperidine rings is 1. The summed E-state index contributed by atoms with van der Waals surface area (Å²) in [5, 5.41) is 0.176. The van der Waals surface area contributed by atoms with E-state index in [1.165, 1.54) is 0 Å². The number of likely N-dealkylation sites (tertiary alicyclic amines) is 1. The maximum absolute atomic E-state index is 14.2. The first-order chi connectivity index (χ1) is 9.84. The Kier molecular flexibility index (Phi) is 5.29. The molecule has 4 heteroatoms. The highest BCUT2D eigenvalue weighted by Crippen LogP contribution is 2.37. The van der Waals surface area contributed by atoms with Gasteiger partial charge in [0.25, 0.3) is 0 Å². The van der Waals surface area contributed by atoms with Gasteiger partial charge in [-0.3, -0.25) is 4.90 Å². The van der Waals surface area contributed by atoms with Gasteiger partial charge in [-0.1, -0.05) is 44.5 Å². The van der Waals surface area contributed by atoms with Gasteiger partial charge in [0.1, 0.15) is 5.82 Å². The summed E-state index contributed by atoms with van der Waals surface area (Å²) in [7, 11) is 0. The van der Waals surface area contributed by atoms with E-state index in [1.54, 1.807) is 18.2 Å². The zero-order valence-corrected chi connectivity index (χ0v) is 14.0. The van der Waals surface area contributed by atoms with Gasteiger partial charge in [-0.25, -0.2) is 4.39 Å². The molecule has 1 aliphatic rings. The molecule has 1 aliphatic heterocycles. The van der Waals surface area contributed by atoms with Crippen molar-refractivity contribution >= 4 is 11.6 Å². The summed E-state index contributed by atoms with van der Waals surface area (Å²) in [5.41, 5.74) is 6.89. The van der Waals surface area contributed by atoms with Crippen LogP contribution in [0.4, 0.5) is 4.39 Å². The van der Waals surface area contributed by atoms with Crippen LogP contribution in [0.5, 0.6) is 0 Å². The Bertz CT molecular complexity index is 476. The molecule has 0 saturated carbocycles. The Morgan fingerprint density at radius 1 is 1.33 bits per heavy atom. The molecule has 2 N–H and O–H groups in total. The fraction of sp³-hybridized carbons (Fsp3) is 0.647. The lowest BCUT2D eigenvalue weighted by Crippen LogP contribution is -2.42. The number of rotatable bonds is 3. The van der Waals surface area contributed by atoms with Crippen molar-refractivity contribution in [2.24, 2.45) is 17.1 Å². The minimum atomic E-state index is -0.326. The van der Waals surface area contributed by atoms with E-state index in [-0.39, 0.29) is 16.9 Å². The number of nitrogens with two attached hydrogens (primary N) is 1. The maximum atomic E-state index is 14.2. The van der Waals surface area contributed by atoms with Crippen molar-refractivity contribution in [2.45, 2.75) is 39.7 Å². The van der Waals surface area contributed by atoms with E-state index in [0.29, 0.717) is 17.5 Å². The van der Waals surface area contributed by atoms with Gasteiger partial charge >= 0.3 is 0 Å². The first kappa shape index (κ1) is 16.7. The topological polar surface area (TPSA) is 29.3 Å². The minimum Gasteiger partial charge on any atom is -0.329 e. The smallest absolute Gasteiger partial charge is 0.146 e. The van der Waals surface area contributed by atoms with Crippen molar-refractivity contribution in [1.29, 1.82) is 0 Å². The van der Waals surface area contributed by atoms with Crippen molar-refractivity contribution in [1.82, 2.24) is 4.90 Å². The molecule has 118 valence electrons. The Hall–Kier alpha value is -0.640. The molecular formula is C17H26ClFN2. The van der Waals surface area contributed by atoms with Crippen molar-refractivity contribution in [2.75, 3.05) is 19.6 Å². The average Bonchev–Trinajstić information content (AvgIpc) is 2.44. The summed E-state index contributed by atoms with van der Waals surface area (Å²) in [5.74, 6) is 0.393. The molecule has 1 unspecified atom stereocenters. The molecule has 0 amide bonds. The second kappa shape index (κ2) is 6.64. The Morgan fingerprint density at radius 3 is 2.48 bits per heavy atom. The van der Waals surface area contributed by atoms with E-state index in [1.807, 2.05) is 0 Å². The normalized spacial score (nSPS) is 19.7. The predicted octanol–water partition coefficient (Wildman–Crippen LogP) is 4.24. The van der Waals surface area contributed by atoms with Crippen LogP contribution in [-0.4, -0.2) is 24.5 Å². The summed E-state index contributed by atoms with van der Waals surface area (Å²) in [4.78, 5) is 2.30. The van der Waals surface area contributed by atoms with Crippen LogP contribution < -0.4 is 5.73 Å². The number of benzene rings is 1. The lowest BCUT2D eigenvalue weighted by Gasteiger charge is -2.41. The monoisotopic (exact) mass is 312 g/mol. The highest BCUT2D eigenvalue weighted by molar-refractivity contribution is 6.30. The van der Waals surface area contributed by atoms with Gasteiger partial charge in [0, 0.05) is 18.2 Å². The molecular weight excluding hydrogens is 287 g/mol. The van der Waals surface area contributed by atoms with Crippen LogP contribution in [0.25, 0.3) is 0 Å². The third kappa shape index (κ3) is 3.77. The summed E-state index contributed by atoms with van der Waals surface area (Å²) in [6.07, 6.45) is 2.28. The molecule has 2 nitrogen and oxygen atoms in total. The van der Waals surface area contributed by atoms with Crippen molar-refractivity contribution < 1.29 is 4.39 Å². The number of halogens is 2. The van der Waals surface area contributed by atoms with Crippen LogP contribution >= 0.6 is 11.6 Å². The molecule has 1 fully saturated rings. The van der Waals surface area contributed by atoms with E-state index in [2.05, 4.69) is 25.7 Å². The zero-order valence-electron chi connectivity index (χ0n) is 13.2. The van der Waals surface area contributed by atoms with Crippen molar-refractivity contribution in [3.05, 3.63) is 34.6 Å². The zero-order chi connectivity index (χ0) is 15.6.